The van der Waals surface area contributed by atoms with Gasteiger partial charge in [0.25, 0.3) is 0 Å². The van der Waals surface area contributed by atoms with Gasteiger partial charge in [0.05, 0.1) is 5.41 Å². The maximum atomic E-state index is 5.35. The molecule has 2 aliphatic carbocycles. The third-order valence-electron chi connectivity index (χ3n) is 12.1. The number of hydrogen-bond acceptors (Lipinski definition) is 3. The first-order valence-corrected chi connectivity index (χ1v) is 19.5. The fraction of sp³-hybridized carbons (Fsp3) is 0.0185. The van der Waals surface area contributed by atoms with Crippen molar-refractivity contribution in [3.8, 4) is 67.5 Å². The van der Waals surface area contributed by atoms with Gasteiger partial charge < -0.3 is 0 Å². The Morgan fingerprint density at radius 2 is 0.754 bits per heavy atom. The van der Waals surface area contributed by atoms with Crippen molar-refractivity contribution in [1.29, 1.82) is 0 Å². The standard InChI is InChI=1S/C54H33N3/c1-2-14-36(15-3-1)51-55-52(57-53(56-51)45-21-12-17-35-26-28-39(32-46(35)45)38-27-25-34-13-4-5-16-37(34)31-38)40-29-30-44-43-20-8-11-24-49(43)54(50(44)33-40)47-22-9-6-18-41(47)42-19-7-10-23-48(42)54/h1-33H. The van der Waals surface area contributed by atoms with Crippen molar-refractivity contribution in [2.24, 2.45) is 0 Å². The molecule has 57 heavy (non-hydrogen) atoms. The second-order valence-corrected chi connectivity index (χ2v) is 15.1. The van der Waals surface area contributed by atoms with Crippen molar-refractivity contribution in [2.75, 3.05) is 0 Å². The fourth-order valence-corrected chi connectivity index (χ4v) is 9.59. The second kappa shape index (κ2) is 12.3. The number of rotatable bonds is 4. The number of fused-ring (bicyclic) bond motifs is 12. The van der Waals surface area contributed by atoms with Crippen LogP contribution in [0, 0.1) is 0 Å². The SMILES string of the molecule is c1ccc(-c2nc(-c3ccc4c(c3)C3(c5ccccc5-c5ccccc53)c3ccccc3-4)nc(-c3cccc4ccc(-c5ccc6ccccc6c5)cc34)n2)cc1. The summed E-state index contributed by atoms with van der Waals surface area (Å²) < 4.78 is 0. The van der Waals surface area contributed by atoms with Crippen LogP contribution in [-0.2, 0) is 5.41 Å². The molecule has 0 atom stereocenters. The summed E-state index contributed by atoms with van der Waals surface area (Å²) >= 11 is 0. The van der Waals surface area contributed by atoms with E-state index in [0.29, 0.717) is 17.5 Å². The van der Waals surface area contributed by atoms with Crippen LogP contribution in [0.25, 0.3) is 89.1 Å². The molecule has 264 valence electrons. The third-order valence-corrected chi connectivity index (χ3v) is 12.1. The average Bonchev–Trinajstić information content (AvgIpc) is 3.76. The summed E-state index contributed by atoms with van der Waals surface area (Å²) in [6, 6.07) is 72.1. The van der Waals surface area contributed by atoms with E-state index in [1.54, 1.807) is 0 Å². The van der Waals surface area contributed by atoms with Gasteiger partial charge >= 0.3 is 0 Å². The van der Waals surface area contributed by atoms with Crippen LogP contribution in [-0.4, -0.2) is 15.0 Å². The monoisotopic (exact) mass is 723 g/mol. The Balaban J connectivity index is 1.08. The van der Waals surface area contributed by atoms with Crippen LogP contribution in [0.3, 0.4) is 0 Å². The Bertz CT molecular complexity index is 3190. The Hall–Kier alpha value is -7.49. The molecule has 10 aromatic rings. The second-order valence-electron chi connectivity index (χ2n) is 15.1. The summed E-state index contributed by atoms with van der Waals surface area (Å²) in [5, 5.41) is 4.69. The van der Waals surface area contributed by atoms with Crippen LogP contribution in [0.5, 0.6) is 0 Å². The van der Waals surface area contributed by atoms with Gasteiger partial charge in [-0.1, -0.05) is 182 Å². The van der Waals surface area contributed by atoms with Crippen LogP contribution in [0.2, 0.25) is 0 Å². The number of hydrogen-bond donors (Lipinski definition) is 0. The Morgan fingerprint density at radius 1 is 0.263 bits per heavy atom. The first kappa shape index (κ1) is 31.8. The molecule has 0 N–H and O–H groups in total. The topological polar surface area (TPSA) is 38.7 Å². The van der Waals surface area contributed by atoms with Gasteiger partial charge in [-0.15, -0.1) is 0 Å². The summed E-state index contributed by atoms with van der Waals surface area (Å²) in [7, 11) is 0. The van der Waals surface area contributed by atoms with E-state index in [1.807, 2.05) is 18.2 Å². The van der Waals surface area contributed by atoms with Gasteiger partial charge in [0.2, 0.25) is 0 Å². The molecule has 3 heteroatoms. The average molecular weight is 724 g/mol. The van der Waals surface area contributed by atoms with E-state index < -0.39 is 5.41 Å². The molecule has 0 fully saturated rings. The summed E-state index contributed by atoms with van der Waals surface area (Å²) in [6.07, 6.45) is 0. The summed E-state index contributed by atoms with van der Waals surface area (Å²) in [4.78, 5) is 15.8. The van der Waals surface area contributed by atoms with Gasteiger partial charge in [0.15, 0.2) is 17.5 Å². The highest BCUT2D eigenvalue weighted by molar-refractivity contribution is 5.99. The minimum absolute atomic E-state index is 0.456. The molecule has 0 saturated heterocycles. The molecule has 3 nitrogen and oxygen atoms in total. The molecule has 12 rings (SSSR count). The van der Waals surface area contributed by atoms with Crippen molar-refractivity contribution >= 4 is 21.5 Å². The summed E-state index contributed by atoms with van der Waals surface area (Å²) in [5.41, 5.74) is 15.0. The molecule has 1 heterocycles. The van der Waals surface area contributed by atoms with Gasteiger partial charge in [-0.3, -0.25) is 0 Å². The minimum Gasteiger partial charge on any atom is -0.208 e. The van der Waals surface area contributed by atoms with Crippen molar-refractivity contribution in [1.82, 2.24) is 15.0 Å². The van der Waals surface area contributed by atoms with Crippen LogP contribution in [0.1, 0.15) is 22.3 Å². The Kier molecular flexibility index (Phi) is 6.84. The van der Waals surface area contributed by atoms with E-state index in [9.17, 15) is 0 Å². The molecular formula is C54H33N3. The largest absolute Gasteiger partial charge is 0.208 e. The van der Waals surface area contributed by atoms with Gasteiger partial charge in [-0.25, -0.2) is 15.0 Å². The molecule has 0 aliphatic heterocycles. The van der Waals surface area contributed by atoms with Gasteiger partial charge in [0, 0.05) is 16.7 Å². The first-order valence-electron chi connectivity index (χ1n) is 19.5. The van der Waals surface area contributed by atoms with E-state index in [-0.39, 0.29) is 0 Å². The van der Waals surface area contributed by atoms with Crippen molar-refractivity contribution in [3.05, 3.63) is 222 Å². The van der Waals surface area contributed by atoms with E-state index in [0.717, 1.165) is 33.0 Å². The molecule has 9 aromatic carbocycles. The molecule has 0 bridgehead atoms. The van der Waals surface area contributed by atoms with Crippen molar-refractivity contribution in [3.63, 3.8) is 0 Å². The summed E-state index contributed by atoms with van der Waals surface area (Å²) in [5.74, 6) is 1.94. The predicted octanol–water partition coefficient (Wildman–Crippen LogP) is 13.2. The molecule has 1 aromatic heterocycles. The lowest BCUT2D eigenvalue weighted by molar-refractivity contribution is 0.794. The van der Waals surface area contributed by atoms with Gasteiger partial charge in [-0.2, -0.15) is 0 Å². The zero-order valence-electron chi connectivity index (χ0n) is 30.9. The lowest BCUT2D eigenvalue weighted by atomic mass is 9.70. The maximum absolute atomic E-state index is 5.35. The molecule has 2 aliphatic rings. The Labute approximate surface area is 330 Å². The normalized spacial score (nSPS) is 13.1. The molecule has 1 spiro atoms. The number of aromatic nitrogens is 3. The predicted molar refractivity (Wildman–Crippen MR) is 233 cm³/mol. The van der Waals surface area contributed by atoms with Crippen LogP contribution < -0.4 is 0 Å². The zero-order valence-corrected chi connectivity index (χ0v) is 30.9. The number of benzene rings is 9. The molecule has 0 saturated carbocycles. The van der Waals surface area contributed by atoms with Crippen molar-refractivity contribution in [2.45, 2.75) is 5.41 Å². The lowest BCUT2D eigenvalue weighted by Crippen LogP contribution is -2.25. The molecule has 0 unspecified atom stereocenters. The quantitative estimate of drug-likeness (QED) is 0.181. The fourth-order valence-electron chi connectivity index (χ4n) is 9.59. The van der Waals surface area contributed by atoms with E-state index >= 15 is 0 Å². The Morgan fingerprint density at radius 3 is 1.46 bits per heavy atom. The minimum atomic E-state index is -0.456. The first-order chi connectivity index (χ1) is 28.2. The van der Waals surface area contributed by atoms with Gasteiger partial charge in [-0.05, 0) is 95.4 Å². The molecule has 0 amide bonds. The van der Waals surface area contributed by atoms with E-state index in [2.05, 4.69) is 182 Å². The van der Waals surface area contributed by atoms with E-state index in [1.165, 1.54) is 60.8 Å². The number of nitrogens with zero attached hydrogens (tertiary/aromatic N) is 3. The van der Waals surface area contributed by atoms with Crippen molar-refractivity contribution < 1.29 is 0 Å². The maximum Gasteiger partial charge on any atom is 0.164 e. The smallest absolute Gasteiger partial charge is 0.164 e. The molecule has 0 radical (unpaired) electrons. The summed E-state index contributed by atoms with van der Waals surface area (Å²) in [6.45, 7) is 0. The van der Waals surface area contributed by atoms with Crippen LogP contribution in [0.15, 0.2) is 200 Å². The molecular weight excluding hydrogens is 691 g/mol. The highest BCUT2D eigenvalue weighted by Crippen LogP contribution is 2.63. The van der Waals surface area contributed by atoms with Gasteiger partial charge in [0.1, 0.15) is 0 Å². The van der Waals surface area contributed by atoms with Crippen LogP contribution in [0.4, 0.5) is 0 Å². The third kappa shape index (κ3) is 4.69. The van der Waals surface area contributed by atoms with E-state index in [4.69, 9.17) is 15.0 Å². The highest BCUT2D eigenvalue weighted by atomic mass is 15.0. The zero-order chi connectivity index (χ0) is 37.5. The highest BCUT2D eigenvalue weighted by Gasteiger charge is 2.51. The lowest BCUT2D eigenvalue weighted by Gasteiger charge is -2.30. The van der Waals surface area contributed by atoms with Crippen LogP contribution >= 0.6 is 0 Å².